The molecule has 4 rings (SSSR count). The summed E-state index contributed by atoms with van der Waals surface area (Å²) in [7, 11) is 0. The fourth-order valence-electron chi connectivity index (χ4n) is 3.75. The number of benzene rings is 3. The Balaban J connectivity index is 1.59. The minimum atomic E-state index is 0.335. The maximum absolute atomic E-state index is 2.59. The van der Waals surface area contributed by atoms with Crippen LogP contribution in [0.4, 0.5) is 0 Å². The molecule has 0 bridgehead atoms. The van der Waals surface area contributed by atoms with Crippen molar-refractivity contribution in [2.45, 2.75) is 19.3 Å². The number of rotatable bonds is 5. The molecule has 1 aliphatic rings. The molecule has 0 aromatic heterocycles. The van der Waals surface area contributed by atoms with Crippen LogP contribution < -0.4 is 0 Å². The van der Waals surface area contributed by atoms with Gasteiger partial charge in [0.15, 0.2) is 0 Å². The Kier molecular flexibility index (Phi) is 4.91. The highest BCUT2D eigenvalue weighted by molar-refractivity contribution is 5.22. The smallest absolute Gasteiger partial charge is 0.0892 e. The maximum atomic E-state index is 2.59. The molecule has 0 N–H and O–H groups in total. The summed E-state index contributed by atoms with van der Waals surface area (Å²) < 4.78 is 0. The molecule has 0 aliphatic carbocycles. The summed E-state index contributed by atoms with van der Waals surface area (Å²) in [5, 5.41) is 0. The predicted molar refractivity (Wildman–Crippen MR) is 103 cm³/mol. The Morgan fingerprint density at radius 3 is 1.40 bits per heavy atom. The lowest BCUT2D eigenvalue weighted by atomic mass is 10.1. The van der Waals surface area contributed by atoms with Gasteiger partial charge < -0.3 is 0 Å². The summed E-state index contributed by atoms with van der Waals surface area (Å²) in [4.78, 5) is 5.18. The molecule has 2 heteroatoms. The van der Waals surface area contributed by atoms with Crippen molar-refractivity contribution in [2.24, 2.45) is 0 Å². The van der Waals surface area contributed by atoms with E-state index < -0.39 is 0 Å². The Morgan fingerprint density at radius 2 is 0.960 bits per heavy atom. The van der Waals surface area contributed by atoms with Gasteiger partial charge in [0.2, 0.25) is 0 Å². The Bertz CT molecular complexity index is 721. The van der Waals surface area contributed by atoms with Crippen LogP contribution in [0.25, 0.3) is 0 Å². The number of hydrogen-bond donors (Lipinski definition) is 0. The van der Waals surface area contributed by atoms with Crippen LogP contribution in [0, 0.1) is 0 Å². The van der Waals surface area contributed by atoms with Crippen LogP contribution in [-0.4, -0.2) is 22.9 Å². The molecule has 25 heavy (non-hydrogen) atoms. The van der Waals surface area contributed by atoms with E-state index in [0.717, 1.165) is 26.2 Å². The monoisotopic (exact) mass is 328 g/mol. The molecule has 1 fully saturated rings. The molecular formula is C23H24N2. The average molecular weight is 328 g/mol. The SMILES string of the molecule is c1ccc(CN2CCN(Cc3ccccc3)C2c2ccccc2)cc1. The van der Waals surface area contributed by atoms with Crippen molar-refractivity contribution in [3.05, 3.63) is 108 Å². The fraction of sp³-hybridized carbons (Fsp3) is 0.217. The highest BCUT2D eigenvalue weighted by Crippen LogP contribution is 2.32. The fourth-order valence-corrected chi connectivity index (χ4v) is 3.75. The van der Waals surface area contributed by atoms with Crippen LogP contribution >= 0.6 is 0 Å². The normalized spacial score (nSPS) is 16.3. The van der Waals surface area contributed by atoms with Gasteiger partial charge in [-0.05, 0) is 16.7 Å². The lowest BCUT2D eigenvalue weighted by Crippen LogP contribution is -2.30. The quantitative estimate of drug-likeness (QED) is 0.669. The van der Waals surface area contributed by atoms with E-state index in [9.17, 15) is 0 Å². The van der Waals surface area contributed by atoms with Gasteiger partial charge in [0.1, 0.15) is 0 Å². The zero-order chi connectivity index (χ0) is 16.9. The molecule has 1 heterocycles. The average Bonchev–Trinajstić information content (AvgIpc) is 3.06. The maximum Gasteiger partial charge on any atom is 0.0892 e. The lowest BCUT2D eigenvalue weighted by molar-refractivity contribution is 0.126. The van der Waals surface area contributed by atoms with Gasteiger partial charge >= 0.3 is 0 Å². The van der Waals surface area contributed by atoms with Gasteiger partial charge in [-0.1, -0.05) is 91.0 Å². The van der Waals surface area contributed by atoms with Gasteiger partial charge in [0.25, 0.3) is 0 Å². The molecule has 0 saturated carbocycles. The van der Waals surface area contributed by atoms with E-state index in [1.54, 1.807) is 0 Å². The van der Waals surface area contributed by atoms with Gasteiger partial charge in [-0.15, -0.1) is 0 Å². The third kappa shape index (κ3) is 3.81. The second kappa shape index (κ2) is 7.64. The van der Waals surface area contributed by atoms with E-state index in [4.69, 9.17) is 0 Å². The molecule has 0 spiro atoms. The van der Waals surface area contributed by atoms with Crippen LogP contribution in [0.15, 0.2) is 91.0 Å². The van der Waals surface area contributed by atoms with Crippen molar-refractivity contribution in [3.63, 3.8) is 0 Å². The first-order valence-corrected chi connectivity index (χ1v) is 9.01. The van der Waals surface area contributed by atoms with Crippen molar-refractivity contribution in [1.82, 2.24) is 9.80 Å². The van der Waals surface area contributed by atoms with E-state index in [1.807, 2.05) is 0 Å². The zero-order valence-electron chi connectivity index (χ0n) is 14.5. The summed E-state index contributed by atoms with van der Waals surface area (Å²) in [5.41, 5.74) is 4.14. The van der Waals surface area contributed by atoms with Crippen LogP contribution in [0.5, 0.6) is 0 Å². The van der Waals surface area contributed by atoms with Gasteiger partial charge in [-0.2, -0.15) is 0 Å². The summed E-state index contributed by atoms with van der Waals surface area (Å²) >= 11 is 0. The Hall–Kier alpha value is -2.42. The number of hydrogen-bond acceptors (Lipinski definition) is 2. The van der Waals surface area contributed by atoms with Crippen molar-refractivity contribution >= 4 is 0 Å². The van der Waals surface area contributed by atoms with Gasteiger partial charge in [-0.3, -0.25) is 9.80 Å². The molecule has 3 aromatic rings. The summed E-state index contributed by atoms with van der Waals surface area (Å²) in [6, 6.07) is 32.5. The molecule has 0 amide bonds. The van der Waals surface area contributed by atoms with Crippen LogP contribution in [0.1, 0.15) is 22.9 Å². The molecule has 0 radical (unpaired) electrons. The van der Waals surface area contributed by atoms with Crippen LogP contribution in [0.3, 0.4) is 0 Å². The molecule has 2 nitrogen and oxygen atoms in total. The molecule has 1 aliphatic heterocycles. The lowest BCUT2D eigenvalue weighted by Gasteiger charge is -2.31. The standard InChI is InChI=1S/C23H24N2/c1-4-10-20(11-5-1)18-24-16-17-25(19-21-12-6-2-7-13-21)23(24)22-14-8-3-9-15-22/h1-15,23H,16-19H2. The second-order valence-electron chi connectivity index (χ2n) is 6.70. The van der Waals surface area contributed by atoms with Crippen molar-refractivity contribution in [2.75, 3.05) is 13.1 Å². The van der Waals surface area contributed by atoms with Gasteiger partial charge in [0.05, 0.1) is 6.17 Å². The largest absolute Gasteiger partial charge is 0.279 e. The topological polar surface area (TPSA) is 6.48 Å². The van der Waals surface area contributed by atoms with Crippen molar-refractivity contribution in [3.8, 4) is 0 Å². The second-order valence-corrected chi connectivity index (χ2v) is 6.70. The first-order chi connectivity index (χ1) is 12.4. The summed E-state index contributed by atoms with van der Waals surface area (Å²) in [6.07, 6.45) is 0.335. The van der Waals surface area contributed by atoms with E-state index in [1.165, 1.54) is 16.7 Å². The highest BCUT2D eigenvalue weighted by atomic mass is 15.4. The van der Waals surface area contributed by atoms with E-state index in [0.29, 0.717) is 6.17 Å². The molecule has 0 unspecified atom stereocenters. The van der Waals surface area contributed by atoms with Crippen molar-refractivity contribution in [1.29, 1.82) is 0 Å². The number of nitrogens with zero attached hydrogens (tertiary/aromatic N) is 2. The van der Waals surface area contributed by atoms with Crippen LogP contribution in [0.2, 0.25) is 0 Å². The first-order valence-electron chi connectivity index (χ1n) is 9.01. The molecule has 3 aromatic carbocycles. The summed E-state index contributed by atoms with van der Waals surface area (Å²) in [5.74, 6) is 0. The van der Waals surface area contributed by atoms with Crippen molar-refractivity contribution < 1.29 is 0 Å². The third-order valence-corrected chi connectivity index (χ3v) is 4.92. The Labute approximate surface area is 150 Å². The zero-order valence-corrected chi connectivity index (χ0v) is 14.5. The highest BCUT2D eigenvalue weighted by Gasteiger charge is 2.32. The molecule has 126 valence electrons. The Morgan fingerprint density at radius 1 is 0.560 bits per heavy atom. The minimum Gasteiger partial charge on any atom is -0.279 e. The minimum absolute atomic E-state index is 0.335. The molecule has 0 atom stereocenters. The third-order valence-electron chi connectivity index (χ3n) is 4.92. The predicted octanol–water partition coefficient (Wildman–Crippen LogP) is 4.70. The van der Waals surface area contributed by atoms with Gasteiger partial charge in [0, 0.05) is 26.2 Å². The summed E-state index contributed by atoms with van der Waals surface area (Å²) in [6.45, 7) is 4.18. The molecule has 1 saturated heterocycles. The van der Waals surface area contributed by atoms with E-state index in [2.05, 4.69) is 101 Å². The van der Waals surface area contributed by atoms with E-state index in [-0.39, 0.29) is 0 Å². The van der Waals surface area contributed by atoms with Crippen LogP contribution in [-0.2, 0) is 13.1 Å². The molecular weight excluding hydrogens is 304 g/mol. The van der Waals surface area contributed by atoms with E-state index >= 15 is 0 Å². The first kappa shape index (κ1) is 16.1. The van der Waals surface area contributed by atoms with Gasteiger partial charge in [-0.25, -0.2) is 0 Å².